The monoisotopic (exact) mass is 466 g/mol. The van der Waals surface area contributed by atoms with Crippen molar-refractivity contribution in [3.05, 3.63) is 46.2 Å². The molecule has 2 aliphatic heterocycles. The molecular weight excluding hydrogens is 432 g/mol. The number of nitrogens with one attached hydrogen (secondary N) is 1. The van der Waals surface area contributed by atoms with Crippen LogP contribution in [0.1, 0.15) is 23.2 Å². The number of amidine groups is 2. The zero-order valence-corrected chi connectivity index (χ0v) is 20.5. The van der Waals surface area contributed by atoms with Crippen molar-refractivity contribution in [1.82, 2.24) is 20.0 Å². The first-order chi connectivity index (χ1) is 16.1. The average molecular weight is 467 g/mol. The Morgan fingerprint density at radius 1 is 1.36 bits per heavy atom. The first kappa shape index (κ1) is 24.9. The fraction of sp³-hybridized carbons (Fsp3) is 0.480. The van der Waals surface area contributed by atoms with E-state index in [1.54, 1.807) is 11.3 Å². The van der Waals surface area contributed by atoms with Gasteiger partial charge in [0, 0.05) is 50.1 Å². The summed E-state index contributed by atoms with van der Waals surface area (Å²) in [6.45, 7) is 6.25. The molecule has 0 aliphatic carbocycles. The fourth-order valence-corrected chi connectivity index (χ4v) is 4.29. The number of allylic oxidation sites excluding steroid dienone is 3. The molecule has 3 heterocycles. The number of hydrogen-bond donors (Lipinski definition) is 1. The van der Waals surface area contributed by atoms with Crippen LogP contribution in [0.15, 0.2) is 50.6 Å². The molecule has 1 aromatic rings. The summed E-state index contributed by atoms with van der Waals surface area (Å²) in [6, 6.07) is 1.90. The maximum absolute atomic E-state index is 12.6. The minimum atomic E-state index is 0.129. The lowest BCUT2D eigenvalue weighted by Gasteiger charge is -2.35. The van der Waals surface area contributed by atoms with E-state index < -0.39 is 0 Å². The fourth-order valence-electron chi connectivity index (χ4n) is 3.66. The van der Waals surface area contributed by atoms with Crippen LogP contribution in [0.2, 0.25) is 0 Å². The van der Waals surface area contributed by atoms with E-state index in [1.807, 2.05) is 40.0 Å². The molecule has 176 valence electrons. The minimum absolute atomic E-state index is 0.129. The highest BCUT2D eigenvalue weighted by Gasteiger charge is 2.24. The maximum atomic E-state index is 12.6. The molecule has 0 unspecified atom stereocenters. The first-order valence-corrected chi connectivity index (χ1v) is 12.3. The number of terminal acetylenes is 1. The summed E-state index contributed by atoms with van der Waals surface area (Å²) in [7, 11) is 4.15. The predicted octanol–water partition coefficient (Wildman–Crippen LogP) is 2.36. The summed E-state index contributed by atoms with van der Waals surface area (Å²) in [5.74, 6) is 4.58. The van der Waals surface area contributed by atoms with Gasteiger partial charge in [-0.3, -0.25) is 19.7 Å². The van der Waals surface area contributed by atoms with Gasteiger partial charge in [-0.1, -0.05) is 18.2 Å². The number of aliphatic imine (C=N–C) groups is 2. The summed E-state index contributed by atoms with van der Waals surface area (Å²) in [6.07, 6.45) is 12.9. The Bertz CT molecular complexity index is 931. The highest BCUT2D eigenvalue weighted by atomic mass is 32.1. The van der Waals surface area contributed by atoms with Gasteiger partial charge in [0.05, 0.1) is 18.7 Å². The van der Waals surface area contributed by atoms with Gasteiger partial charge in [-0.25, -0.2) is 0 Å². The van der Waals surface area contributed by atoms with Gasteiger partial charge in [-0.2, -0.15) is 11.3 Å². The van der Waals surface area contributed by atoms with E-state index in [1.165, 1.54) is 0 Å². The normalized spacial score (nSPS) is 19.8. The smallest absolute Gasteiger partial charge is 0.254 e. The molecule has 1 amide bonds. The molecule has 33 heavy (non-hydrogen) atoms. The second-order valence-electron chi connectivity index (χ2n) is 8.38. The zero-order valence-electron chi connectivity index (χ0n) is 19.7. The van der Waals surface area contributed by atoms with Crippen molar-refractivity contribution in [1.29, 1.82) is 0 Å². The molecule has 1 saturated heterocycles. The van der Waals surface area contributed by atoms with Crippen LogP contribution in [0.25, 0.3) is 0 Å². The second-order valence-corrected chi connectivity index (χ2v) is 9.16. The van der Waals surface area contributed by atoms with Gasteiger partial charge in [0.25, 0.3) is 5.91 Å². The van der Waals surface area contributed by atoms with Crippen molar-refractivity contribution in [2.45, 2.75) is 12.8 Å². The Balaban J connectivity index is 1.56. The highest BCUT2D eigenvalue weighted by molar-refractivity contribution is 7.08. The van der Waals surface area contributed by atoms with Crippen molar-refractivity contribution in [2.24, 2.45) is 9.98 Å². The van der Waals surface area contributed by atoms with Crippen molar-refractivity contribution >= 4 is 28.9 Å². The Hall–Kier alpha value is -2.73. The molecule has 0 saturated carbocycles. The number of nitrogens with zero attached hydrogens (tertiary/aromatic N) is 5. The van der Waals surface area contributed by atoms with E-state index in [2.05, 4.69) is 35.1 Å². The standard InChI is InChI=1S/C25H34N6OS/c1-4-5-6-7-9-21-18-27-23(28-24(21)26-11-8-12-29(2)3)19-30-13-15-31(16-14-30)25(32)22-10-17-33-20-22/h1,6-7,9-10,17,20H,5,8,11-16,18-19H2,2-3H3,(H,26,27,28)/b7-6-,21-9+. The van der Waals surface area contributed by atoms with Gasteiger partial charge in [-0.05, 0) is 38.5 Å². The van der Waals surface area contributed by atoms with Crippen LogP contribution in [0.4, 0.5) is 0 Å². The van der Waals surface area contributed by atoms with Crippen molar-refractivity contribution < 1.29 is 4.79 Å². The predicted molar refractivity (Wildman–Crippen MR) is 138 cm³/mol. The third kappa shape index (κ3) is 7.97. The van der Waals surface area contributed by atoms with Gasteiger partial charge in [0.2, 0.25) is 0 Å². The van der Waals surface area contributed by atoms with E-state index in [0.29, 0.717) is 13.0 Å². The topological polar surface area (TPSA) is 63.5 Å². The van der Waals surface area contributed by atoms with Crippen LogP contribution in [0, 0.1) is 12.3 Å². The number of carbonyl (C=O) groups excluding carboxylic acids is 1. The van der Waals surface area contributed by atoms with Gasteiger partial charge >= 0.3 is 0 Å². The van der Waals surface area contributed by atoms with Crippen LogP contribution in [0.3, 0.4) is 0 Å². The van der Waals surface area contributed by atoms with Crippen LogP contribution in [-0.2, 0) is 0 Å². The number of rotatable bonds is 9. The van der Waals surface area contributed by atoms with Crippen LogP contribution < -0.4 is 5.32 Å². The maximum Gasteiger partial charge on any atom is 0.254 e. The van der Waals surface area contributed by atoms with E-state index in [-0.39, 0.29) is 5.91 Å². The number of thiophene rings is 1. The van der Waals surface area contributed by atoms with Crippen molar-refractivity contribution in [3.63, 3.8) is 0 Å². The summed E-state index contributed by atoms with van der Waals surface area (Å²) >= 11 is 1.56. The molecule has 0 bridgehead atoms. The molecule has 8 heteroatoms. The molecule has 0 radical (unpaired) electrons. The highest BCUT2D eigenvalue weighted by Crippen LogP contribution is 2.13. The van der Waals surface area contributed by atoms with E-state index >= 15 is 0 Å². The Morgan fingerprint density at radius 2 is 2.18 bits per heavy atom. The molecule has 0 atom stereocenters. The quantitative estimate of drug-likeness (QED) is 0.448. The minimum Gasteiger partial charge on any atom is -0.336 e. The lowest BCUT2D eigenvalue weighted by Crippen LogP contribution is -2.52. The Labute approximate surface area is 201 Å². The van der Waals surface area contributed by atoms with Crippen molar-refractivity contribution in [3.8, 4) is 12.3 Å². The van der Waals surface area contributed by atoms with Gasteiger partial charge in [0.15, 0.2) is 0 Å². The van der Waals surface area contributed by atoms with Crippen molar-refractivity contribution in [2.75, 3.05) is 66.5 Å². The number of piperazine rings is 1. The zero-order chi connectivity index (χ0) is 23.5. The largest absolute Gasteiger partial charge is 0.336 e. The Morgan fingerprint density at radius 3 is 2.88 bits per heavy atom. The molecule has 0 spiro atoms. The molecule has 1 N–H and O–H groups in total. The summed E-state index contributed by atoms with van der Waals surface area (Å²) in [5, 5.41) is 7.33. The molecular formula is C25H34N6OS. The summed E-state index contributed by atoms with van der Waals surface area (Å²) in [5.41, 5.74) is 1.86. The number of amides is 1. The average Bonchev–Trinajstić information content (AvgIpc) is 3.35. The SMILES string of the molecule is C#CC/C=C\C=C1/CN=C(CN2CCN(C(=O)c3ccsc3)CC2)NC1=NCCCN(C)C. The molecule has 7 nitrogen and oxygen atoms in total. The van der Waals surface area contributed by atoms with Crippen LogP contribution >= 0.6 is 11.3 Å². The Kier molecular flexibility index (Phi) is 9.88. The molecule has 2 aliphatic rings. The molecule has 1 aromatic heterocycles. The lowest BCUT2D eigenvalue weighted by molar-refractivity contribution is 0.0654. The van der Waals surface area contributed by atoms with Crippen LogP contribution in [-0.4, -0.2) is 98.7 Å². The third-order valence-electron chi connectivity index (χ3n) is 5.51. The summed E-state index contributed by atoms with van der Waals surface area (Å²) < 4.78 is 0. The number of carbonyl (C=O) groups is 1. The first-order valence-electron chi connectivity index (χ1n) is 11.4. The van der Waals surface area contributed by atoms with Gasteiger partial charge < -0.3 is 15.1 Å². The van der Waals surface area contributed by atoms with E-state index in [4.69, 9.17) is 16.4 Å². The van der Waals surface area contributed by atoms with Gasteiger partial charge in [-0.15, -0.1) is 12.3 Å². The second kappa shape index (κ2) is 13.1. The molecule has 3 rings (SSSR count). The molecule has 0 aromatic carbocycles. The van der Waals surface area contributed by atoms with E-state index in [9.17, 15) is 4.79 Å². The van der Waals surface area contributed by atoms with E-state index in [0.717, 1.165) is 75.0 Å². The lowest BCUT2D eigenvalue weighted by atomic mass is 10.1. The summed E-state index contributed by atoms with van der Waals surface area (Å²) in [4.78, 5) is 28.6. The number of hydrogen-bond acceptors (Lipinski definition) is 6. The third-order valence-corrected chi connectivity index (χ3v) is 6.19. The van der Waals surface area contributed by atoms with Crippen LogP contribution in [0.5, 0.6) is 0 Å². The van der Waals surface area contributed by atoms with Gasteiger partial charge in [0.1, 0.15) is 11.7 Å². The molecule has 1 fully saturated rings.